The number of nitrogens with one attached hydrogen (secondary N) is 1. The third kappa shape index (κ3) is 5.25. The van der Waals surface area contributed by atoms with Crippen molar-refractivity contribution in [2.24, 2.45) is 0 Å². The lowest BCUT2D eigenvalue weighted by atomic mass is 10.1. The molecule has 3 aromatic rings. The van der Waals surface area contributed by atoms with Crippen molar-refractivity contribution >= 4 is 28.6 Å². The van der Waals surface area contributed by atoms with Crippen LogP contribution in [0.25, 0.3) is 10.6 Å². The third-order valence-electron chi connectivity index (χ3n) is 4.59. The van der Waals surface area contributed by atoms with Crippen LogP contribution in [0.1, 0.15) is 31.1 Å². The number of rotatable bonds is 9. The van der Waals surface area contributed by atoms with Crippen LogP contribution in [0.2, 0.25) is 0 Å². The fraction of sp³-hybridized carbons (Fsp3) is 0.333. The summed E-state index contributed by atoms with van der Waals surface area (Å²) in [6, 6.07) is 12.4. The number of likely N-dealkylation sites (N-methyl/N-ethyl adjacent to an activating group) is 1. The molecule has 0 saturated heterocycles. The van der Waals surface area contributed by atoms with Gasteiger partial charge in [-0.1, -0.05) is 44.2 Å². The third-order valence-corrected chi connectivity index (χ3v) is 6.23. The van der Waals surface area contributed by atoms with E-state index in [1.165, 1.54) is 5.56 Å². The van der Waals surface area contributed by atoms with Gasteiger partial charge in [0.1, 0.15) is 5.01 Å². The topological polar surface area (TPSA) is 45.2 Å². The van der Waals surface area contributed by atoms with E-state index in [4.69, 9.17) is 0 Å². The molecule has 6 heteroatoms. The summed E-state index contributed by atoms with van der Waals surface area (Å²) in [4.78, 5) is 19.5. The summed E-state index contributed by atoms with van der Waals surface area (Å²) in [6.07, 6.45) is 0.317. The molecule has 0 saturated carbocycles. The Kier molecular flexibility index (Phi) is 7.15. The molecule has 1 unspecified atom stereocenters. The standard InChI is InChI=1S/C21H25N3OS2/c1-3-24(4-2)19(17-10-11-26-14-17)13-22-20(25)12-18-15-27-21(23-18)16-8-6-5-7-9-16/h5-11,14-15,19H,3-4,12-13H2,1-2H3,(H,22,25). The molecule has 2 heterocycles. The summed E-state index contributed by atoms with van der Waals surface area (Å²) in [7, 11) is 0. The van der Waals surface area contributed by atoms with Gasteiger partial charge in [-0.2, -0.15) is 11.3 Å². The molecule has 1 amide bonds. The zero-order valence-corrected chi connectivity index (χ0v) is 17.4. The molecule has 0 bridgehead atoms. The Labute approximate surface area is 168 Å². The molecule has 4 nitrogen and oxygen atoms in total. The fourth-order valence-corrected chi connectivity index (χ4v) is 4.66. The van der Waals surface area contributed by atoms with E-state index in [1.807, 2.05) is 35.7 Å². The van der Waals surface area contributed by atoms with Gasteiger partial charge in [0.25, 0.3) is 0 Å². The first-order valence-corrected chi connectivity index (χ1v) is 11.1. The summed E-state index contributed by atoms with van der Waals surface area (Å²) in [5.74, 6) is 0.0206. The Morgan fingerprint density at radius 1 is 1.15 bits per heavy atom. The zero-order chi connectivity index (χ0) is 19.1. The monoisotopic (exact) mass is 399 g/mol. The molecular formula is C21H25N3OS2. The van der Waals surface area contributed by atoms with E-state index in [-0.39, 0.29) is 11.9 Å². The summed E-state index contributed by atoms with van der Waals surface area (Å²) < 4.78 is 0. The number of carbonyl (C=O) groups is 1. The molecule has 0 aliphatic rings. The van der Waals surface area contributed by atoms with E-state index < -0.39 is 0 Å². The maximum atomic E-state index is 12.5. The lowest BCUT2D eigenvalue weighted by Gasteiger charge is -2.29. The highest BCUT2D eigenvalue weighted by molar-refractivity contribution is 7.13. The SMILES string of the molecule is CCN(CC)C(CNC(=O)Cc1csc(-c2ccccc2)n1)c1ccsc1. The number of nitrogens with zero attached hydrogens (tertiary/aromatic N) is 2. The van der Waals surface area contributed by atoms with Crippen LogP contribution < -0.4 is 5.32 Å². The molecule has 0 aliphatic heterocycles. The minimum atomic E-state index is 0.0206. The molecule has 142 valence electrons. The smallest absolute Gasteiger partial charge is 0.226 e. The van der Waals surface area contributed by atoms with Crippen LogP contribution in [0.3, 0.4) is 0 Å². The van der Waals surface area contributed by atoms with Crippen molar-refractivity contribution < 1.29 is 4.79 Å². The first-order valence-electron chi connectivity index (χ1n) is 9.24. The van der Waals surface area contributed by atoms with Crippen LogP contribution in [0.5, 0.6) is 0 Å². The first kappa shape index (κ1) is 19.7. The van der Waals surface area contributed by atoms with E-state index in [0.717, 1.165) is 29.4 Å². The first-order chi connectivity index (χ1) is 13.2. The minimum absolute atomic E-state index is 0.0206. The largest absolute Gasteiger partial charge is 0.354 e. The Hall–Kier alpha value is -2.02. The normalized spacial score (nSPS) is 12.3. The van der Waals surface area contributed by atoms with E-state index in [2.05, 4.69) is 45.9 Å². The number of benzene rings is 1. The minimum Gasteiger partial charge on any atom is -0.354 e. The van der Waals surface area contributed by atoms with Crippen LogP contribution in [0.4, 0.5) is 0 Å². The molecule has 27 heavy (non-hydrogen) atoms. The van der Waals surface area contributed by atoms with Crippen molar-refractivity contribution in [1.82, 2.24) is 15.2 Å². The quantitative estimate of drug-likeness (QED) is 0.571. The Morgan fingerprint density at radius 3 is 2.59 bits per heavy atom. The Balaban J connectivity index is 1.59. The van der Waals surface area contributed by atoms with Crippen LogP contribution in [0, 0.1) is 0 Å². The van der Waals surface area contributed by atoms with Crippen molar-refractivity contribution in [2.75, 3.05) is 19.6 Å². The maximum absolute atomic E-state index is 12.5. The number of carbonyl (C=O) groups excluding carboxylic acids is 1. The second-order valence-electron chi connectivity index (χ2n) is 6.28. The highest BCUT2D eigenvalue weighted by Crippen LogP contribution is 2.24. The number of aromatic nitrogens is 1. The lowest BCUT2D eigenvalue weighted by Crippen LogP contribution is -2.38. The molecule has 0 aliphatic carbocycles. The van der Waals surface area contributed by atoms with Crippen LogP contribution >= 0.6 is 22.7 Å². The van der Waals surface area contributed by atoms with Crippen molar-refractivity contribution in [3.63, 3.8) is 0 Å². The van der Waals surface area contributed by atoms with Crippen molar-refractivity contribution in [3.8, 4) is 10.6 Å². The van der Waals surface area contributed by atoms with Crippen molar-refractivity contribution in [2.45, 2.75) is 26.3 Å². The van der Waals surface area contributed by atoms with Crippen LogP contribution in [0.15, 0.2) is 52.5 Å². The number of hydrogen-bond donors (Lipinski definition) is 1. The number of thiophene rings is 1. The summed E-state index contributed by atoms with van der Waals surface area (Å²) in [5.41, 5.74) is 3.18. The fourth-order valence-electron chi connectivity index (χ4n) is 3.13. The predicted octanol–water partition coefficient (Wildman–Crippen LogP) is 4.61. The zero-order valence-electron chi connectivity index (χ0n) is 15.7. The van der Waals surface area contributed by atoms with Gasteiger partial charge < -0.3 is 5.32 Å². The second kappa shape index (κ2) is 9.78. The van der Waals surface area contributed by atoms with Gasteiger partial charge in [-0.25, -0.2) is 4.98 Å². The van der Waals surface area contributed by atoms with Gasteiger partial charge in [-0.05, 0) is 35.5 Å². The Bertz CT molecular complexity index is 826. The van der Waals surface area contributed by atoms with E-state index >= 15 is 0 Å². The average molecular weight is 400 g/mol. The molecular weight excluding hydrogens is 374 g/mol. The van der Waals surface area contributed by atoms with Gasteiger partial charge in [-0.15, -0.1) is 11.3 Å². The van der Waals surface area contributed by atoms with E-state index in [0.29, 0.717) is 13.0 Å². The van der Waals surface area contributed by atoms with E-state index in [9.17, 15) is 4.79 Å². The molecule has 2 aromatic heterocycles. The van der Waals surface area contributed by atoms with Gasteiger partial charge in [0.2, 0.25) is 5.91 Å². The van der Waals surface area contributed by atoms with E-state index in [1.54, 1.807) is 22.7 Å². The van der Waals surface area contributed by atoms with Gasteiger partial charge >= 0.3 is 0 Å². The molecule has 0 radical (unpaired) electrons. The summed E-state index contributed by atoms with van der Waals surface area (Å²) >= 11 is 3.28. The molecule has 0 spiro atoms. The van der Waals surface area contributed by atoms with Gasteiger partial charge in [0, 0.05) is 17.5 Å². The number of thiazole rings is 1. The highest BCUT2D eigenvalue weighted by atomic mass is 32.1. The van der Waals surface area contributed by atoms with Gasteiger partial charge in [0.05, 0.1) is 18.2 Å². The number of amides is 1. The molecule has 0 fully saturated rings. The van der Waals surface area contributed by atoms with Crippen LogP contribution in [-0.4, -0.2) is 35.4 Å². The Morgan fingerprint density at radius 2 is 1.93 bits per heavy atom. The van der Waals surface area contributed by atoms with Crippen molar-refractivity contribution in [1.29, 1.82) is 0 Å². The summed E-state index contributed by atoms with van der Waals surface area (Å²) in [6.45, 7) is 6.85. The maximum Gasteiger partial charge on any atom is 0.226 e. The van der Waals surface area contributed by atoms with Gasteiger partial charge in [-0.3, -0.25) is 9.69 Å². The van der Waals surface area contributed by atoms with Crippen LogP contribution in [-0.2, 0) is 11.2 Å². The second-order valence-corrected chi connectivity index (χ2v) is 7.92. The predicted molar refractivity (Wildman–Crippen MR) is 114 cm³/mol. The molecule has 3 rings (SSSR count). The highest BCUT2D eigenvalue weighted by Gasteiger charge is 2.19. The molecule has 1 aromatic carbocycles. The molecule has 1 N–H and O–H groups in total. The summed E-state index contributed by atoms with van der Waals surface area (Å²) in [5, 5.41) is 10.3. The average Bonchev–Trinajstić information content (AvgIpc) is 3.38. The van der Waals surface area contributed by atoms with Crippen molar-refractivity contribution in [3.05, 3.63) is 63.8 Å². The lowest BCUT2D eigenvalue weighted by molar-refractivity contribution is -0.120. The van der Waals surface area contributed by atoms with Gasteiger partial charge in [0.15, 0.2) is 0 Å². The molecule has 1 atom stereocenters. The number of hydrogen-bond acceptors (Lipinski definition) is 5.